The van der Waals surface area contributed by atoms with Crippen LogP contribution in [0.15, 0.2) is 39.5 Å². The average Bonchev–Trinajstić information content (AvgIpc) is 2.85. The minimum Gasteiger partial charge on any atom is -0.355 e. The van der Waals surface area contributed by atoms with Gasteiger partial charge < -0.3 is 10.6 Å². The van der Waals surface area contributed by atoms with Gasteiger partial charge >= 0.3 is 0 Å². The number of thiophene rings is 1. The molecule has 6 heteroatoms. The second-order valence-electron chi connectivity index (χ2n) is 3.72. The Morgan fingerprint density at radius 3 is 2.58 bits per heavy atom. The Kier molecular flexibility index (Phi) is 4.34. The SMILES string of the molecule is CNC(=O)c1ccccc1NC(=O)c1csc(Br)c1. The maximum Gasteiger partial charge on any atom is 0.256 e. The molecule has 1 heterocycles. The summed E-state index contributed by atoms with van der Waals surface area (Å²) in [6.07, 6.45) is 0. The van der Waals surface area contributed by atoms with E-state index in [0.717, 1.165) is 3.79 Å². The summed E-state index contributed by atoms with van der Waals surface area (Å²) in [5, 5.41) is 7.04. The molecular weight excluding hydrogens is 328 g/mol. The Morgan fingerprint density at radius 2 is 1.95 bits per heavy atom. The van der Waals surface area contributed by atoms with E-state index in [-0.39, 0.29) is 11.8 Å². The third-order valence-electron chi connectivity index (χ3n) is 2.48. The number of rotatable bonds is 3. The van der Waals surface area contributed by atoms with Gasteiger partial charge in [0.2, 0.25) is 0 Å². The second kappa shape index (κ2) is 5.99. The van der Waals surface area contributed by atoms with Crippen molar-refractivity contribution in [1.82, 2.24) is 5.32 Å². The van der Waals surface area contributed by atoms with Crippen LogP contribution in [0.4, 0.5) is 5.69 Å². The normalized spacial score (nSPS) is 10.0. The van der Waals surface area contributed by atoms with Crippen LogP contribution in [0, 0.1) is 0 Å². The van der Waals surface area contributed by atoms with E-state index < -0.39 is 0 Å². The molecule has 98 valence electrons. The third kappa shape index (κ3) is 3.21. The van der Waals surface area contributed by atoms with Gasteiger partial charge in [-0.05, 0) is 34.1 Å². The van der Waals surface area contributed by atoms with Crippen LogP contribution in [0.2, 0.25) is 0 Å². The molecule has 2 aromatic rings. The summed E-state index contributed by atoms with van der Waals surface area (Å²) >= 11 is 4.74. The quantitative estimate of drug-likeness (QED) is 0.903. The van der Waals surface area contributed by atoms with Crippen molar-refractivity contribution in [2.75, 3.05) is 12.4 Å². The molecule has 2 amide bonds. The highest BCUT2D eigenvalue weighted by Crippen LogP contribution is 2.22. The lowest BCUT2D eigenvalue weighted by atomic mass is 10.1. The van der Waals surface area contributed by atoms with Crippen molar-refractivity contribution in [3.8, 4) is 0 Å². The number of benzene rings is 1. The number of hydrogen-bond donors (Lipinski definition) is 2. The van der Waals surface area contributed by atoms with Crippen molar-refractivity contribution >= 4 is 44.8 Å². The minimum atomic E-state index is -0.238. The van der Waals surface area contributed by atoms with Crippen molar-refractivity contribution < 1.29 is 9.59 Å². The summed E-state index contributed by atoms with van der Waals surface area (Å²) in [5.74, 6) is -0.472. The number of carbonyl (C=O) groups excluding carboxylic acids is 2. The lowest BCUT2D eigenvalue weighted by Crippen LogP contribution is -2.21. The number of nitrogens with one attached hydrogen (secondary N) is 2. The van der Waals surface area contributed by atoms with Crippen LogP contribution in [0.3, 0.4) is 0 Å². The molecule has 2 rings (SSSR count). The van der Waals surface area contributed by atoms with E-state index in [1.807, 2.05) is 0 Å². The van der Waals surface area contributed by atoms with E-state index >= 15 is 0 Å². The lowest BCUT2D eigenvalue weighted by molar-refractivity contribution is 0.0964. The molecule has 0 aliphatic heterocycles. The molecule has 0 saturated carbocycles. The van der Waals surface area contributed by atoms with Gasteiger partial charge in [0.05, 0.1) is 20.6 Å². The summed E-state index contributed by atoms with van der Waals surface area (Å²) in [5.41, 5.74) is 1.49. The summed E-state index contributed by atoms with van der Waals surface area (Å²) in [6.45, 7) is 0. The monoisotopic (exact) mass is 338 g/mol. The van der Waals surface area contributed by atoms with Crippen LogP contribution in [-0.4, -0.2) is 18.9 Å². The Balaban J connectivity index is 2.24. The smallest absolute Gasteiger partial charge is 0.256 e. The molecule has 0 spiro atoms. The molecule has 0 aliphatic rings. The number of amides is 2. The number of para-hydroxylation sites is 1. The molecule has 0 bridgehead atoms. The molecule has 0 atom stereocenters. The summed E-state index contributed by atoms with van der Waals surface area (Å²) in [7, 11) is 1.55. The van der Waals surface area contributed by atoms with Gasteiger partial charge in [-0.15, -0.1) is 11.3 Å². The molecule has 0 unspecified atom stereocenters. The maximum atomic E-state index is 12.0. The van der Waals surface area contributed by atoms with Crippen LogP contribution in [0.1, 0.15) is 20.7 Å². The molecule has 0 aliphatic carbocycles. The zero-order chi connectivity index (χ0) is 13.8. The van der Waals surface area contributed by atoms with Gasteiger partial charge in [-0.3, -0.25) is 9.59 Å². The molecular formula is C13H11BrN2O2S. The lowest BCUT2D eigenvalue weighted by Gasteiger charge is -2.09. The first-order chi connectivity index (χ1) is 9.11. The van der Waals surface area contributed by atoms with Crippen LogP contribution >= 0.6 is 27.3 Å². The van der Waals surface area contributed by atoms with E-state index in [4.69, 9.17) is 0 Å². The van der Waals surface area contributed by atoms with E-state index in [1.165, 1.54) is 11.3 Å². The van der Waals surface area contributed by atoms with Gasteiger partial charge in [0.15, 0.2) is 0 Å². The van der Waals surface area contributed by atoms with Gasteiger partial charge in [0.25, 0.3) is 11.8 Å². The molecule has 1 aromatic carbocycles. The topological polar surface area (TPSA) is 58.2 Å². The first-order valence-corrected chi connectivity index (χ1v) is 7.15. The van der Waals surface area contributed by atoms with Crippen LogP contribution < -0.4 is 10.6 Å². The Bertz CT molecular complexity index is 625. The number of hydrogen-bond acceptors (Lipinski definition) is 3. The third-order valence-corrected chi connectivity index (χ3v) is 3.98. The van der Waals surface area contributed by atoms with E-state index in [0.29, 0.717) is 16.8 Å². The fourth-order valence-corrected chi connectivity index (χ4v) is 2.69. The van der Waals surface area contributed by atoms with Crippen molar-refractivity contribution in [2.24, 2.45) is 0 Å². The predicted octanol–water partition coefficient (Wildman–Crippen LogP) is 3.12. The van der Waals surface area contributed by atoms with Crippen LogP contribution in [0.5, 0.6) is 0 Å². The Labute approximate surface area is 123 Å². The highest BCUT2D eigenvalue weighted by atomic mass is 79.9. The average molecular weight is 339 g/mol. The van der Waals surface area contributed by atoms with E-state index in [2.05, 4.69) is 26.6 Å². The number of halogens is 1. The molecule has 2 N–H and O–H groups in total. The van der Waals surface area contributed by atoms with Crippen molar-refractivity contribution in [3.05, 3.63) is 50.6 Å². The standard InChI is InChI=1S/C13H11BrN2O2S/c1-15-13(18)9-4-2-3-5-10(9)16-12(17)8-6-11(14)19-7-8/h2-7H,1H3,(H,15,18)(H,16,17). The molecule has 1 aromatic heterocycles. The Morgan fingerprint density at radius 1 is 1.21 bits per heavy atom. The van der Waals surface area contributed by atoms with Gasteiger partial charge in [-0.2, -0.15) is 0 Å². The van der Waals surface area contributed by atoms with Gasteiger partial charge in [-0.1, -0.05) is 12.1 Å². The van der Waals surface area contributed by atoms with E-state index in [1.54, 1.807) is 42.8 Å². The molecule has 0 fully saturated rings. The predicted molar refractivity (Wildman–Crippen MR) is 79.8 cm³/mol. The molecule has 4 nitrogen and oxygen atoms in total. The Hall–Kier alpha value is -1.66. The largest absolute Gasteiger partial charge is 0.355 e. The highest BCUT2D eigenvalue weighted by molar-refractivity contribution is 9.11. The number of carbonyl (C=O) groups is 2. The van der Waals surface area contributed by atoms with Crippen LogP contribution in [-0.2, 0) is 0 Å². The first-order valence-electron chi connectivity index (χ1n) is 5.48. The van der Waals surface area contributed by atoms with E-state index in [9.17, 15) is 9.59 Å². The maximum absolute atomic E-state index is 12.0. The number of anilines is 1. The highest BCUT2D eigenvalue weighted by Gasteiger charge is 2.13. The van der Waals surface area contributed by atoms with Crippen molar-refractivity contribution in [2.45, 2.75) is 0 Å². The fraction of sp³-hybridized carbons (Fsp3) is 0.0769. The van der Waals surface area contributed by atoms with Crippen LogP contribution in [0.25, 0.3) is 0 Å². The van der Waals surface area contributed by atoms with Gasteiger partial charge in [0, 0.05) is 12.4 Å². The van der Waals surface area contributed by atoms with Crippen molar-refractivity contribution in [1.29, 1.82) is 0 Å². The minimum absolute atomic E-state index is 0.234. The summed E-state index contributed by atoms with van der Waals surface area (Å²) < 4.78 is 0.886. The van der Waals surface area contributed by atoms with Crippen molar-refractivity contribution in [3.63, 3.8) is 0 Å². The van der Waals surface area contributed by atoms with Gasteiger partial charge in [-0.25, -0.2) is 0 Å². The summed E-state index contributed by atoms with van der Waals surface area (Å²) in [6, 6.07) is 8.62. The zero-order valence-electron chi connectivity index (χ0n) is 10.1. The zero-order valence-corrected chi connectivity index (χ0v) is 12.5. The van der Waals surface area contributed by atoms with Gasteiger partial charge in [0.1, 0.15) is 0 Å². The summed E-state index contributed by atoms with van der Waals surface area (Å²) in [4.78, 5) is 23.7. The molecule has 0 radical (unpaired) electrons. The second-order valence-corrected chi connectivity index (χ2v) is 6.01. The molecule has 19 heavy (non-hydrogen) atoms. The first kappa shape index (κ1) is 13.8. The fourth-order valence-electron chi connectivity index (χ4n) is 1.55. The molecule has 0 saturated heterocycles.